The maximum Gasteiger partial charge on any atom is 0.232 e. The number of thiocarbonyl (C=S) groups is 1. The lowest BCUT2D eigenvalue weighted by atomic mass is 9.92. The molecule has 172 valence electrons. The maximum atomic E-state index is 5.55. The Bertz CT molecular complexity index is 905. The van der Waals surface area contributed by atoms with Gasteiger partial charge in [-0.1, -0.05) is 43.7 Å². The van der Waals surface area contributed by atoms with E-state index in [4.69, 9.17) is 26.9 Å². The number of nitrogens with one attached hydrogen (secondary N) is 2. The number of aryl methyl sites for hydroxylation is 1. The van der Waals surface area contributed by atoms with Gasteiger partial charge < -0.3 is 25.2 Å². The largest absolute Gasteiger partial charge is 0.378 e. The van der Waals surface area contributed by atoms with Crippen LogP contribution in [-0.2, 0) is 11.3 Å². The Labute approximate surface area is 196 Å². The SMILES string of the molecule is Cc1ccc(CNC(=S)Nc2nc(N3CCOCC3)cc(N3C[C@@H](C)C[C@H](C)C3)n2)cc1. The number of benzene rings is 1. The second kappa shape index (κ2) is 10.4. The van der Waals surface area contributed by atoms with Crippen molar-refractivity contribution in [1.82, 2.24) is 15.3 Å². The maximum absolute atomic E-state index is 5.55. The fourth-order valence-corrected chi connectivity index (χ4v) is 4.64. The molecule has 2 atom stereocenters. The van der Waals surface area contributed by atoms with Crippen LogP contribution in [0.4, 0.5) is 17.6 Å². The zero-order valence-electron chi connectivity index (χ0n) is 19.3. The molecular formula is C24H34N6OS. The van der Waals surface area contributed by atoms with Gasteiger partial charge >= 0.3 is 0 Å². The molecule has 2 fully saturated rings. The zero-order chi connectivity index (χ0) is 22.5. The topological polar surface area (TPSA) is 65.6 Å². The van der Waals surface area contributed by atoms with E-state index < -0.39 is 0 Å². The molecule has 1 aromatic heterocycles. The van der Waals surface area contributed by atoms with Gasteiger partial charge in [0.2, 0.25) is 5.95 Å². The van der Waals surface area contributed by atoms with Crippen molar-refractivity contribution in [2.24, 2.45) is 11.8 Å². The van der Waals surface area contributed by atoms with E-state index >= 15 is 0 Å². The predicted molar refractivity (Wildman–Crippen MR) is 134 cm³/mol. The monoisotopic (exact) mass is 454 g/mol. The molecule has 0 spiro atoms. The molecule has 2 saturated heterocycles. The molecule has 2 aliphatic rings. The summed E-state index contributed by atoms with van der Waals surface area (Å²) in [5.41, 5.74) is 2.43. The number of morpholine rings is 1. The van der Waals surface area contributed by atoms with Crippen LogP contribution in [0.1, 0.15) is 31.4 Å². The van der Waals surface area contributed by atoms with Gasteiger partial charge in [0, 0.05) is 38.8 Å². The minimum absolute atomic E-state index is 0.524. The predicted octanol–water partition coefficient (Wildman–Crippen LogP) is 3.59. The summed E-state index contributed by atoms with van der Waals surface area (Å²) >= 11 is 5.55. The molecule has 8 heteroatoms. The molecule has 32 heavy (non-hydrogen) atoms. The van der Waals surface area contributed by atoms with Gasteiger partial charge in [-0.3, -0.25) is 0 Å². The number of hydrogen-bond acceptors (Lipinski definition) is 6. The summed E-state index contributed by atoms with van der Waals surface area (Å²) in [5.74, 6) is 3.72. The first-order valence-electron chi connectivity index (χ1n) is 11.5. The van der Waals surface area contributed by atoms with Crippen LogP contribution in [0.15, 0.2) is 30.3 Å². The third-order valence-corrected chi connectivity index (χ3v) is 6.27. The van der Waals surface area contributed by atoms with Gasteiger partial charge in [-0.05, 0) is 43.0 Å². The number of rotatable bonds is 5. The van der Waals surface area contributed by atoms with Crippen molar-refractivity contribution >= 4 is 34.9 Å². The van der Waals surface area contributed by atoms with Gasteiger partial charge in [0.05, 0.1) is 13.2 Å². The molecule has 2 aromatic rings. The first kappa shape index (κ1) is 22.7. The summed E-state index contributed by atoms with van der Waals surface area (Å²) in [5, 5.41) is 7.01. The lowest BCUT2D eigenvalue weighted by molar-refractivity contribution is 0.122. The highest BCUT2D eigenvalue weighted by atomic mass is 32.1. The van der Waals surface area contributed by atoms with Crippen LogP contribution < -0.4 is 20.4 Å². The third kappa shape index (κ3) is 6.07. The molecule has 0 amide bonds. The molecule has 1 aromatic carbocycles. The van der Waals surface area contributed by atoms with Crippen molar-refractivity contribution in [2.75, 3.05) is 54.5 Å². The van der Waals surface area contributed by atoms with Crippen LogP contribution in [0.3, 0.4) is 0 Å². The lowest BCUT2D eigenvalue weighted by Crippen LogP contribution is -2.40. The van der Waals surface area contributed by atoms with Crippen molar-refractivity contribution in [1.29, 1.82) is 0 Å². The summed E-state index contributed by atoms with van der Waals surface area (Å²) in [6.07, 6.45) is 1.26. The van der Waals surface area contributed by atoms with E-state index in [0.29, 0.717) is 29.4 Å². The Hall–Kier alpha value is -2.45. The fraction of sp³-hybridized carbons (Fsp3) is 0.542. The van der Waals surface area contributed by atoms with Gasteiger partial charge in [0.1, 0.15) is 11.6 Å². The van der Waals surface area contributed by atoms with Crippen molar-refractivity contribution in [3.8, 4) is 0 Å². The minimum Gasteiger partial charge on any atom is -0.378 e. The van der Waals surface area contributed by atoms with Crippen LogP contribution in [0, 0.1) is 18.8 Å². The summed E-state index contributed by atoms with van der Waals surface area (Å²) in [4.78, 5) is 14.3. The van der Waals surface area contributed by atoms with E-state index in [0.717, 1.165) is 51.0 Å². The van der Waals surface area contributed by atoms with Gasteiger partial charge in [-0.25, -0.2) is 0 Å². The van der Waals surface area contributed by atoms with Crippen molar-refractivity contribution in [3.05, 3.63) is 41.5 Å². The van der Waals surface area contributed by atoms with Crippen molar-refractivity contribution in [2.45, 2.75) is 33.7 Å². The number of hydrogen-bond donors (Lipinski definition) is 2. The summed E-state index contributed by atoms with van der Waals surface area (Å²) < 4.78 is 5.53. The highest BCUT2D eigenvalue weighted by molar-refractivity contribution is 7.80. The van der Waals surface area contributed by atoms with E-state index in [2.05, 4.69) is 71.5 Å². The van der Waals surface area contributed by atoms with Crippen molar-refractivity contribution in [3.63, 3.8) is 0 Å². The normalized spacial score (nSPS) is 21.3. The number of nitrogens with zero attached hydrogens (tertiary/aromatic N) is 4. The quantitative estimate of drug-likeness (QED) is 0.665. The van der Waals surface area contributed by atoms with Gasteiger partial charge in [0.15, 0.2) is 5.11 Å². The standard InChI is InChI=1S/C24H34N6OS/c1-17-4-6-20(7-5-17)14-25-24(32)28-23-26-21(29-8-10-31-11-9-29)13-22(27-23)30-15-18(2)12-19(3)16-30/h4-7,13,18-19H,8-12,14-16H2,1-3H3,(H2,25,26,27,28,32)/t18-,19-/m0/s1. The van der Waals surface area contributed by atoms with E-state index in [1.165, 1.54) is 17.5 Å². The Morgan fingerprint density at radius 2 is 1.66 bits per heavy atom. The molecular weight excluding hydrogens is 420 g/mol. The number of anilines is 3. The van der Waals surface area contributed by atoms with Crippen LogP contribution >= 0.6 is 12.2 Å². The number of aromatic nitrogens is 2. The summed E-state index contributed by atoms with van der Waals surface area (Å²) in [6, 6.07) is 10.5. The molecule has 7 nitrogen and oxygen atoms in total. The average molecular weight is 455 g/mol. The Morgan fingerprint density at radius 3 is 2.31 bits per heavy atom. The molecule has 0 aliphatic carbocycles. The van der Waals surface area contributed by atoms with Gasteiger partial charge in [-0.15, -0.1) is 0 Å². The molecule has 0 bridgehead atoms. The number of piperidine rings is 1. The van der Waals surface area contributed by atoms with Crippen molar-refractivity contribution < 1.29 is 4.74 Å². The molecule has 0 unspecified atom stereocenters. The van der Waals surface area contributed by atoms with E-state index in [1.54, 1.807) is 0 Å². The molecule has 2 N–H and O–H groups in total. The summed E-state index contributed by atoms with van der Waals surface area (Å²) in [7, 11) is 0. The molecule has 2 aliphatic heterocycles. The first-order chi connectivity index (χ1) is 15.5. The smallest absolute Gasteiger partial charge is 0.232 e. The van der Waals surface area contributed by atoms with Crippen LogP contribution in [0.25, 0.3) is 0 Å². The van der Waals surface area contributed by atoms with E-state index in [1.807, 2.05) is 0 Å². The van der Waals surface area contributed by atoms with Crippen LogP contribution in [0.2, 0.25) is 0 Å². The highest BCUT2D eigenvalue weighted by Gasteiger charge is 2.25. The molecule has 0 radical (unpaired) electrons. The van der Waals surface area contributed by atoms with Gasteiger partial charge in [-0.2, -0.15) is 9.97 Å². The first-order valence-corrected chi connectivity index (χ1v) is 11.9. The minimum atomic E-state index is 0.524. The van der Waals surface area contributed by atoms with Crippen LogP contribution in [0.5, 0.6) is 0 Å². The molecule has 4 rings (SSSR count). The van der Waals surface area contributed by atoms with Gasteiger partial charge in [0.25, 0.3) is 0 Å². The molecule has 3 heterocycles. The second-order valence-electron chi connectivity index (χ2n) is 9.15. The second-order valence-corrected chi connectivity index (χ2v) is 9.56. The zero-order valence-corrected chi connectivity index (χ0v) is 20.1. The van der Waals surface area contributed by atoms with Crippen LogP contribution in [-0.4, -0.2) is 54.5 Å². The Morgan fingerprint density at radius 1 is 1.03 bits per heavy atom. The van der Waals surface area contributed by atoms with E-state index in [9.17, 15) is 0 Å². The van der Waals surface area contributed by atoms with E-state index in [-0.39, 0.29) is 0 Å². The average Bonchev–Trinajstić information content (AvgIpc) is 2.78. The fourth-order valence-electron chi connectivity index (χ4n) is 4.48. The Kier molecular flexibility index (Phi) is 7.42. The Balaban J connectivity index is 1.50. The highest BCUT2D eigenvalue weighted by Crippen LogP contribution is 2.28. The molecule has 0 saturated carbocycles. The number of ether oxygens (including phenoxy) is 1. The lowest BCUT2D eigenvalue weighted by Gasteiger charge is -2.36. The third-order valence-electron chi connectivity index (χ3n) is 6.03. The summed E-state index contributed by atoms with van der Waals surface area (Å²) in [6.45, 7) is 12.5.